The minimum Gasteiger partial charge on any atom is -0.392 e. The molecule has 5 nitrogen and oxygen atoms in total. The second-order valence-electron chi connectivity index (χ2n) is 5.83. The Hall–Kier alpha value is -2.11. The molecule has 0 aliphatic carbocycles. The van der Waals surface area contributed by atoms with Gasteiger partial charge in [0.25, 0.3) is 0 Å². The Balaban J connectivity index is 2.22. The number of halogens is 1. The highest BCUT2D eigenvalue weighted by Gasteiger charge is 2.17. The number of nitrogens with one attached hydrogen (secondary N) is 1. The van der Waals surface area contributed by atoms with Crippen molar-refractivity contribution in [2.45, 2.75) is 39.3 Å². The van der Waals surface area contributed by atoms with Crippen LogP contribution in [0.3, 0.4) is 0 Å². The second-order valence-corrected chi connectivity index (χ2v) is 6.23. The minimum atomic E-state index is -0.171. The Morgan fingerprint density at radius 1 is 1.33 bits per heavy atom. The lowest BCUT2D eigenvalue weighted by Crippen LogP contribution is -2.17. The predicted molar refractivity (Wildman–Crippen MR) is 96.2 cm³/mol. The zero-order chi connectivity index (χ0) is 17.1. The molecule has 0 saturated heterocycles. The largest absolute Gasteiger partial charge is 0.392 e. The number of aromatic amines is 1. The highest BCUT2D eigenvalue weighted by Crippen LogP contribution is 2.33. The lowest BCUT2D eigenvalue weighted by molar-refractivity contribution is 0.282. The van der Waals surface area contributed by atoms with Gasteiger partial charge in [0.05, 0.1) is 17.1 Å². The number of unbranched alkanes of at least 4 members (excludes halogenated alkanes) is 2. The summed E-state index contributed by atoms with van der Waals surface area (Å²) in [4.78, 5) is 19.4. The molecule has 0 aliphatic rings. The van der Waals surface area contributed by atoms with Crippen molar-refractivity contribution in [1.82, 2.24) is 14.5 Å². The van der Waals surface area contributed by atoms with Crippen molar-refractivity contribution in [1.29, 1.82) is 0 Å². The molecule has 2 N–H and O–H groups in total. The van der Waals surface area contributed by atoms with Crippen molar-refractivity contribution in [2.75, 3.05) is 0 Å². The van der Waals surface area contributed by atoms with Crippen LogP contribution in [0.1, 0.15) is 31.7 Å². The van der Waals surface area contributed by atoms with Gasteiger partial charge in [-0.2, -0.15) is 0 Å². The van der Waals surface area contributed by atoms with Crippen molar-refractivity contribution in [3.8, 4) is 11.1 Å². The summed E-state index contributed by atoms with van der Waals surface area (Å²) in [6, 6.07) is 7.53. The first-order valence-corrected chi connectivity index (χ1v) is 8.50. The Bertz CT molecular complexity index is 914. The molecule has 2 aromatic heterocycles. The smallest absolute Gasteiger partial charge is 0.327 e. The standard InChI is InChI=1S/C18H20ClN3O2/c1-2-3-4-8-22-16-15(13-7-5-6-12(9-13)11-23)14(19)10-20-17(16)21-18(22)24/h5-7,9-10,23H,2-4,8,11H2,1H3,(H,20,21,24). The van der Waals surface area contributed by atoms with Crippen LogP contribution in [0.25, 0.3) is 22.3 Å². The third-order valence-corrected chi connectivity index (χ3v) is 4.42. The number of nitrogens with zero attached hydrogens (tertiary/aromatic N) is 2. The molecule has 3 aromatic rings. The first kappa shape index (κ1) is 16.7. The number of hydrogen-bond donors (Lipinski definition) is 2. The maximum atomic E-state index is 12.3. The van der Waals surface area contributed by atoms with E-state index in [0.29, 0.717) is 17.2 Å². The van der Waals surface area contributed by atoms with Crippen LogP contribution in [0, 0.1) is 0 Å². The topological polar surface area (TPSA) is 70.9 Å². The summed E-state index contributed by atoms with van der Waals surface area (Å²) < 4.78 is 1.71. The van der Waals surface area contributed by atoms with Crippen LogP contribution < -0.4 is 5.69 Å². The Kier molecular flexibility index (Phi) is 5.02. The molecule has 24 heavy (non-hydrogen) atoms. The number of imidazole rings is 1. The number of rotatable bonds is 6. The molecule has 2 heterocycles. The van der Waals surface area contributed by atoms with Gasteiger partial charge >= 0.3 is 5.69 Å². The van der Waals surface area contributed by atoms with Gasteiger partial charge in [0.15, 0.2) is 5.65 Å². The lowest BCUT2D eigenvalue weighted by atomic mass is 10.0. The Morgan fingerprint density at radius 2 is 2.17 bits per heavy atom. The molecular weight excluding hydrogens is 326 g/mol. The number of aryl methyl sites for hydroxylation is 1. The van der Waals surface area contributed by atoms with E-state index in [4.69, 9.17) is 11.6 Å². The molecule has 1 aromatic carbocycles. The fourth-order valence-electron chi connectivity index (χ4n) is 2.94. The van der Waals surface area contributed by atoms with Gasteiger partial charge in [0.2, 0.25) is 0 Å². The van der Waals surface area contributed by atoms with Crippen molar-refractivity contribution in [3.05, 3.63) is 51.5 Å². The van der Waals surface area contributed by atoms with Crippen LogP contribution >= 0.6 is 11.6 Å². The number of benzene rings is 1. The molecular formula is C18H20ClN3O2. The number of H-pyrrole nitrogens is 1. The highest BCUT2D eigenvalue weighted by atomic mass is 35.5. The van der Waals surface area contributed by atoms with Crippen molar-refractivity contribution in [3.63, 3.8) is 0 Å². The first-order chi connectivity index (χ1) is 11.7. The maximum absolute atomic E-state index is 12.3. The van der Waals surface area contributed by atoms with E-state index < -0.39 is 0 Å². The van der Waals surface area contributed by atoms with Gasteiger partial charge in [0.1, 0.15) is 0 Å². The fourth-order valence-corrected chi connectivity index (χ4v) is 3.18. The molecule has 0 unspecified atom stereocenters. The normalized spacial score (nSPS) is 11.3. The average molecular weight is 346 g/mol. The Morgan fingerprint density at radius 3 is 2.92 bits per heavy atom. The first-order valence-electron chi connectivity index (χ1n) is 8.13. The molecule has 0 fully saturated rings. The summed E-state index contributed by atoms with van der Waals surface area (Å²) in [6.45, 7) is 2.71. The molecule has 0 radical (unpaired) electrons. The molecule has 3 rings (SSSR count). The molecule has 0 aliphatic heterocycles. The molecule has 0 atom stereocenters. The van der Waals surface area contributed by atoms with Crippen LogP contribution in [0.15, 0.2) is 35.3 Å². The van der Waals surface area contributed by atoms with Crippen LogP contribution in [0.5, 0.6) is 0 Å². The van der Waals surface area contributed by atoms with Crippen LogP contribution in [0.4, 0.5) is 0 Å². The van der Waals surface area contributed by atoms with E-state index in [1.807, 2.05) is 24.3 Å². The van der Waals surface area contributed by atoms with Gasteiger partial charge < -0.3 is 5.11 Å². The van der Waals surface area contributed by atoms with E-state index >= 15 is 0 Å². The molecule has 0 saturated carbocycles. The summed E-state index contributed by atoms with van der Waals surface area (Å²) in [5.41, 5.74) is 3.51. The van der Waals surface area contributed by atoms with Gasteiger partial charge in [-0.05, 0) is 23.6 Å². The summed E-state index contributed by atoms with van der Waals surface area (Å²) >= 11 is 6.42. The van der Waals surface area contributed by atoms with E-state index in [1.165, 1.54) is 0 Å². The van der Waals surface area contributed by atoms with E-state index in [0.717, 1.165) is 41.5 Å². The van der Waals surface area contributed by atoms with Gasteiger partial charge in [-0.15, -0.1) is 0 Å². The lowest BCUT2D eigenvalue weighted by Gasteiger charge is -2.10. The van der Waals surface area contributed by atoms with Crippen molar-refractivity contribution >= 4 is 22.8 Å². The fraction of sp³-hybridized carbons (Fsp3) is 0.333. The molecule has 6 heteroatoms. The Labute approximate surface area is 144 Å². The van der Waals surface area contributed by atoms with E-state index in [-0.39, 0.29) is 12.3 Å². The van der Waals surface area contributed by atoms with E-state index in [1.54, 1.807) is 10.8 Å². The SMILES string of the molecule is CCCCCn1c(=O)[nH]c2ncc(Cl)c(-c3cccc(CO)c3)c21. The number of fused-ring (bicyclic) bond motifs is 1. The quantitative estimate of drug-likeness (QED) is 0.669. The van der Waals surface area contributed by atoms with Crippen LogP contribution in [0.2, 0.25) is 5.02 Å². The molecule has 0 amide bonds. The molecule has 0 spiro atoms. The number of pyridine rings is 1. The predicted octanol–water partition coefficient (Wildman–Crippen LogP) is 3.73. The third kappa shape index (κ3) is 3.09. The van der Waals surface area contributed by atoms with Crippen LogP contribution in [-0.4, -0.2) is 19.6 Å². The van der Waals surface area contributed by atoms with Crippen LogP contribution in [-0.2, 0) is 13.2 Å². The highest BCUT2D eigenvalue weighted by molar-refractivity contribution is 6.34. The molecule has 0 bridgehead atoms. The van der Waals surface area contributed by atoms with Gasteiger partial charge in [0, 0.05) is 18.3 Å². The summed E-state index contributed by atoms with van der Waals surface area (Å²) in [7, 11) is 0. The maximum Gasteiger partial charge on any atom is 0.327 e. The zero-order valence-electron chi connectivity index (χ0n) is 13.6. The van der Waals surface area contributed by atoms with E-state index in [9.17, 15) is 9.90 Å². The number of aliphatic hydroxyl groups is 1. The zero-order valence-corrected chi connectivity index (χ0v) is 14.3. The number of hydrogen-bond acceptors (Lipinski definition) is 3. The minimum absolute atomic E-state index is 0.0455. The van der Waals surface area contributed by atoms with Gasteiger partial charge in [-0.25, -0.2) is 9.78 Å². The summed E-state index contributed by atoms with van der Waals surface area (Å²) in [6.07, 6.45) is 4.62. The summed E-state index contributed by atoms with van der Waals surface area (Å²) in [5, 5.41) is 9.87. The third-order valence-electron chi connectivity index (χ3n) is 4.13. The van der Waals surface area contributed by atoms with E-state index in [2.05, 4.69) is 16.9 Å². The second kappa shape index (κ2) is 7.20. The monoisotopic (exact) mass is 345 g/mol. The van der Waals surface area contributed by atoms with Crippen molar-refractivity contribution < 1.29 is 5.11 Å². The number of aromatic nitrogens is 3. The van der Waals surface area contributed by atoms with Crippen molar-refractivity contribution in [2.24, 2.45) is 0 Å². The molecule has 126 valence electrons. The van der Waals surface area contributed by atoms with Gasteiger partial charge in [-0.3, -0.25) is 9.55 Å². The van der Waals surface area contributed by atoms with Gasteiger partial charge in [-0.1, -0.05) is 49.6 Å². The average Bonchev–Trinajstić information content (AvgIpc) is 2.91. The summed E-state index contributed by atoms with van der Waals surface area (Å²) in [5.74, 6) is 0. The number of aliphatic hydroxyl groups excluding tert-OH is 1.